The maximum absolute atomic E-state index is 5.86. The van der Waals surface area contributed by atoms with Gasteiger partial charge in [0.15, 0.2) is 0 Å². The van der Waals surface area contributed by atoms with Gasteiger partial charge in [-0.3, -0.25) is 4.68 Å². The molecule has 0 aliphatic carbocycles. The van der Waals surface area contributed by atoms with Crippen LogP contribution >= 0.6 is 0 Å². The highest BCUT2D eigenvalue weighted by Gasteiger charge is 2.08. The van der Waals surface area contributed by atoms with Crippen LogP contribution in [0.2, 0.25) is 0 Å². The summed E-state index contributed by atoms with van der Waals surface area (Å²) in [5.41, 5.74) is 2.23. The number of aromatic nitrogens is 3. The number of nitrogens with zero attached hydrogens (tertiary/aromatic N) is 3. The lowest BCUT2D eigenvalue weighted by Crippen LogP contribution is -2.05. The quantitative estimate of drug-likeness (QED) is 0.728. The maximum atomic E-state index is 5.86. The average molecular weight is 269 g/mol. The van der Waals surface area contributed by atoms with E-state index in [-0.39, 0.29) is 6.10 Å². The van der Waals surface area contributed by atoms with Gasteiger partial charge in [-0.25, -0.2) is 0 Å². The Morgan fingerprint density at radius 3 is 2.70 bits per heavy atom. The van der Waals surface area contributed by atoms with Crippen molar-refractivity contribution in [3.63, 3.8) is 0 Å². The zero-order valence-corrected chi connectivity index (χ0v) is 12.1. The van der Waals surface area contributed by atoms with Crippen molar-refractivity contribution in [3.05, 3.63) is 48.4 Å². The minimum Gasteiger partial charge on any atom is -0.490 e. The summed E-state index contributed by atoms with van der Waals surface area (Å²) >= 11 is 0. The number of benzene rings is 1. The summed E-state index contributed by atoms with van der Waals surface area (Å²) in [7, 11) is 1.94. The molecule has 0 N–H and O–H groups in total. The number of hydrogen-bond donors (Lipinski definition) is 0. The third-order valence-corrected chi connectivity index (χ3v) is 3.24. The number of fused-ring (bicyclic) bond motifs is 1. The minimum absolute atomic E-state index is 0.180. The van der Waals surface area contributed by atoms with Gasteiger partial charge in [0.2, 0.25) is 0 Å². The van der Waals surface area contributed by atoms with Gasteiger partial charge in [0, 0.05) is 24.8 Å². The van der Waals surface area contributed by atoms with E-state index in [0.29, 0.717) is 0 Å². The Bertz CT molecular complexity index is 724. The first-order valence-electron chi connectivity index (χ1n) is 6.86. The van der Waals surface area contributed by atoms with Crippen LogP contribution in [0.5, 0.6) is 5.75 Å². The predicted molar refractivity (Wildman–Crippen MR) is 80.0 cm³/mol. The van der Waals surface area contributed by atoms with Crippen molar-refractivity contribution >= 4 is 10.9 Å². The van der Waals surface area contributed by atoms with E-state index in [9.17, 15) is 0 Å². The van der Waals surface area contributed by atoms with E-state index in [1.165, 1.54) is 5.52 Å². The molecule has 104 valence electrons. The lowest BCUT2D eigenvalue weighted by atomic mass is 10.2. The molecule has 1 aromatic carbocycles. The molecule has 0 aliphatic rings. The highest BCUT2D eigenvalue weighted by Crippen LogP contribution is 2.27. The van der Waals surface area contributed by atoms with Crippen LogP contribution in [0, 0.1) is 0 Å². The third-order valence-electron chi connectivity index (χ3n) is 3.24. The zero-order chi connectivity index (χ0) is 14.1. The van der Waals surface area contributed by atoms with Gasteiger partial charge in [-0.15, -0.1) is 0 Å². The first-order chi connectivity index (χ1) is 9.63. The molecule has 2 heterocycles. The topological polar surface area (TPSA) is 32.0 Å². The lowest BCUT2D eigenvalue weighted by Gasteiger charge is -2.11. The van der Waals surface area contributed by atoms with Crippen LogP contribution in [0.15, 0.2) is 42.7 Å². The van der Waals surface area contributed by atoms with Crippen molar-refractivity contribution in [1.29, 1.82) is 0 Å². The lowest BCUT2D eigenvalue weighted by molar-refractivity contribution is 0.245. The van der Waals surface area contributed by atoms with Crippen molar-refractivity contribution in [2.45, 2.75) is 26.5 Å². The van der Waals surface area contributed by atoms with Crippen LogP contribution in [0.3, 0.4) is 0 Å². The minimum atomic E-state index is 0.180. The second-order valence-electron chi connectivity index (χ2n) is 5.28. The van der Waals surface area contributed by atoms with Crippen molar-refractivity contribution in [2.24, 2.45) is 7.05 Å². The van der Waals surface area contributed by atoms with Gasteiger partial charge in [-0.2, -0.15) is 5.10 Å². The van der Waals surface area contributed by atoms with Crippen LogP contribution in [-0.4, -0.2) is 20.5 Å². The molecule has 0 atom stereocenters. The van der Waals surface area contributed by atoms with E-state index in [1.807, 2.05) is 50.0 Å². The second kappa shape index (κ2) is 5.04. The van der Waals surface area contributed by atoms with Gasteiger partial charge in [-0.1, -0.05) is 6.07 Å². The summed E-state index contributed by atoms with van der Waals surface area (Å²) in [4.78, 5) is 0. The number of ether oxygens (including phenoxy) is 1. The van der Waals surface area contributed by atoms with Crippen LogP contribution in [0.4, 0.5) is 0 Å². The smallest absolute Gasteiger partial charge is 0.129 e. The molecule has 20 heavy (non-hydrogen) atoms. The van der Waals surface area contributed by atoms with Gasteiger partial charge in [0.25, 0.3) is 0 Å². The Hall–Kier alpha value is -2.23. The molecule has 4 nitrogen and oxygen atoms in total. The summed E-state index contributed by atoms with van der Waals surface area (Å²) in [6, 6.07) is 10.3. The molecular formula is C16H19N3O. The summed E-state index contributed by atoms with van der Waals surface area (Å²) in [6.07, 6.45) is 4.24. The number of rotatable bonds is 4. The molecule has 3 aromatic rings. The molecule has 0 saturated heterocycles. The first-order valence-corrected chi connectivity index (χ1v) is 6.86. The standard InChI is InChI=1S/C16H19N3O/c1-12(2)20-16-6-4-5-15-14(16)8-10-19(15)11-13-7-9-18(3)17-13/h4-10,12H,11H2,1-3H3. The Balaban J connectivity index is 1.97. The Morgan fingerprint density at radius 1 is 1.15 bits per heavy atom. The molecule has 2 aromatic heterocycles. The van der Waals surface area contributed by atoms with Crippen LogP contribution in [0.1, 0.15) is 19.5 Å². The van der Waals surface area contributed by atoms with E-state index in [1.54, 1.807) is 0 Å². The van der Waals surface area contributed by atoms with Crippen molar-refractivity contribution in [2.75, 3.05) is 0 Å². The monoisotopic (exact) mass is 269 g/mol. The molecule has 3 rings (SSSR count). The molecule has 0 aliphatic heterocycles. The number of aryl methyl sites for hydroxylation is 1. The van der Waals surface area contributed by atoms with Crippen LogP contribution < -0.4 is 4.74 Å². The molecule has 4 heteroatoms. The van der Waals surface area contributed by atoms with Crippen LogP contribution in [0.25, 0.3) is 10.9 Å². The van der Waals surface area contributed by atoms with E-state index >= 15 is 0 Å². The molecule has 0 unspecified atom stereocenters. The molecule has 0 bridgehead atoms. The normalized spacial score (nSPS) is 11.4. The first kappa shape index (κ1) is 12.8. The Morgan fingerprint density at radius 2 is 2.00 bits per heavy atom. The van der Waals surface area contributed by atoms with Crippen LogP contribution in [-0.2, 0) is 13.6 Å². The zero-order valence-electron chi connectivity index (χ0n) is 12.1. The van der Waals surface area contributed by atoms with E-state index in [2.05, 4.69) is 28.0 Å². The maximum Gasteiger partial charge on any atom is 0.129 e. The third kappa shape index (κ3) is 2.41. The Labute approximate surface area is 118 Å². The largest absolute Gasteiger partial charge is 0.490 e. The fourth-order valence-corrected chi connectivity index (χ4v) is 2.41. The summed E-state index contributed by atoms with van der Waals surface area (Å²) in [5.74, 6) is 0.942. The highest BCUT2D eigenvalue weighted by atomic mass is 16.5. The highest BCUT2D eigenvalue weighted by molar-refractivity contribution is 5.86. The summed E-state index contributed by atoms with van der Waals surface area (Å²) in [5, 5.41) is 5.58. The summed E-state index contributed by atoms with van der Waals surface area (Å²) < 4.78 is 9.89. The molecular weight excluding hydrogens is 250 g/mol. The second-order valence-corrected chi connectivity index (χ2v) is 5.28. The van der Waals surface area contributed by atoms with Gasteiger partial charge in [0.05, 0.1) is 23.9 Å². The van der Waals surface area contributed by atoms with Gasteiger partial charge < -0.3 is 9.30 Å². The van der Waals surface area contributed by atoms with Crippen molar-refractivity contribution in [1.82, 2.24) is 14.3 Å². The number of hydrogen-bond acceptors (Lipinski definition) is 2. The van der Waals surface area contributed by atoms with E-state index in [4.69, 9.17) is 4.74 Å². The Kier molecular flexibility index (Phi) is 3.22. The molecule has 0 spiro atoms. The van der Waals surface area contributed by atoms with E-state index < -0.39 is 0 Å². The van der Waals surface area contributed by atoms with Gasteiger partial charge in [-0.05, 0) is 38.1 Å². The fraction of sp³-hybridized carbons (Fsp3) is 0.312. The van der Waals surface area contributed by atoms with Gasteiger partial charge >= 0.3 is 0 Å². The van der Waals surface area contributed by atoms with Crippen molar-refractivity contribution < 1.29 is 4.74 Å². The summed E-state index contributed by atoms with van der Waals surface area (Å²) in [6.45, 7) is 4.86. The molecule has 0 radical (unpaired) electrons. The van der Waals surface area contributed by atoms with E-state index in [0.717, 1.165) is 23.4 Å². The molecule has 0 saturated carbocycles. The molecule has 0 fully saturated rings. The van der Waals surface area contributed by atoms with Gasteiger partial charge in [0.1, 0.15) is 5.75 Å². The molecule has 0 amide bonds. The SMILES string of the molecule is CC(C)Oc1cccc2c1ccn2Cc1ccn(C)n1. The van der Waals surface area contributed by atoms with Crippen molar-refractivity contribution in [3.8, 4) is 5.75 Å². The fourth-order valence-electron chi connectivity index (χ4n) is 2.41. The predicted octanol–water partition coefficient (Wildman–Crippen LogP) is 3.21. The average Bonchev–Trinajstić information content (AvgIpc) is 2.97.